The fourth-order valence-corrected chi connectivity index (χ4v) is 2.68. The zero-order chi connectivity index (χ0) is 14.0. The average molecular weight is 282 g/mol. The van der Waals surface area contributed by atoms with Gasteiger partial charge < -0.3 is 15.1 Å². The van der Waals surface area contributed by atoms with E-state index >= 15 is 0 Å². The molecule has 2 heterocycles. The molecule has 1 aromatic heterocycles. The summed E-state index contributed by atoms with van der Waals surface area (Å²) >= 11 is 1.32. The number of aliphatic hydroxyl groups is 1. The molecule has 1 fully saturated rings. The molecule has 2 N–H and O–H groups in total. The fourth-order valence-electron chi connectivity index (χ4n) is 2.14. The van der Waals surface area contributed by atoms with Gasteiger partial charge in [-0.3, -0.25) is 4.79 Å². The molecule has 19 heavy (non-hydrogen) atoms. The van der Waals surface area contributed by atoms with Crippen molar-refractivity contribution in [2.24, 2.45) is 0 Å². The third kappa shape index (κ3) is 2.71. The van der Waals surface area contributed by atoms with Crippen LogP contribution in [0.25, 0.3) is 0 Å². The van der Waals surface area contributed by atoms with Crippen molar-refractivity contribution in [2.75, 3.05) is 12.8 Å². The maximum absolute atomic E-state index is 12.4. The quantitative estimate of drug-likeness (QED) is 0.783. The molecular weight excluding hydrogens is 268 g/mol. The largest absolute Gasteiger partial charge is 0.480 e. The van der Waals surface area contributed by atoms with E-state index in [1.165, 1.54) is 16.7 Å². The van der Waals surface area contributed by atoms with Gasteiger partial charge in [0.25, 0.3) is 5.91 Å². The summed E-state index contributed by atoms with van der Waals surface area (Å²) in [5.74, 6) is -1.50. The van der Waals surface area contributed by atoms with Gasteiger partial charge in [0.1, 0.15) is 11.1 Å². The maximum Gasteiger partial charge on any atom is 0.326 e. The van der Waals surface area contributed by atoms with Crippen LogP contribution >= 0.6 is 11.8 Å². The molecule has 0 aliphatic carbocycles. The highest BCUT2D eigenvalue weighted by Crippen LogP contribution is 2.24. The van der Waals surface area contributed by atoms with Gasteiger partial charge in [-0.05, 0) is 18.4 Å². The number of β-amino-alcohol motifs (C(OH)–C–C–N with tert-alkyl or cyclic N) is 1. The lowest BCUT2D eigenvalue weighted by atomic mass is 10.2. The Morgan fingerprint density at radius 3 is 2.89 bits per heavy atom. The van der Waals surface area contributed by atoms with E-state index in [1.54, 1.807) is 24.6 Å². The van der Waals surface area contributed by atoms with E-state index in [4.69, 9.17) is 5.11 Å². The standard InChI is InChI=1S/C12H14N2O4S/c1-19-10-8(3-2-4-13-10)11(16)14-6-7(15)5-9(14)12(17)18/h2-4,7,9,15H,5-6H2,1H3,(H,17,18)/t7-,9-/m1/s1. The number of nitrogens with zero attached hydrogens (tertiary/aromatic N) is 2. The molecule has 0 aromatic carbocycles. The third-order valence-electron chi connectivity index (χ3n) is 3.02. The van der Waals surface area contributed by atoms with E-state index in [-0.39, 0.29) is 13.0 Å². The first-order valence-corrected chi connectivity index (χ1v) is 6.98. The van der Waals surface area contributed by atoms with Gasteiger partial charge in [-0.15, -0.1) is 11.8 Å². The fraction of sp³-hybridized carbons (Fsp3) is 0.417. The van der Waals surface area contributed by atoms with E-state index < -0.39 is 24.0 Å². The summed E-state index contributed by atoms with van der Waals surface area (Å²) in [6, 6.07) is 2.28. The smallest absolute Gasteiger partial charge is 0.326 e. The monoisotopic (exact) mass is 282 g/mol. The molecule has 1 aliphatic heterocycles. The van der Waals surface area contributed by atoms with Gasteiger partial charge >= 0.3 is 5.97 Å². The molecule has 1 amide bonds. The van der Waals surface area contributed by atoms with E-state index in [9.17, 15) is 14.7 Å². The Morgan fingerprint density at radius 1 is 1.53 bits per heavy atom. The summed E-state index contributed by atoms with van der Waals surface area (Å²) < 4.78 is 0. The topological polar surface area (TPSA) is 90.7 Å². The summed E-state index contributed by atoms with van der Waals surface area (Å²) in [7, 11) is 0. The van der Waals surface area contributed by atoms with Gasteiger partial charge in [-0.25, -0.2) is 9.78 Å². The van der Waals surface area contributed by atoms with Gasteiger partial charge in [0, 0.05) is 19.2 Å². The number of pyridine rings is 1. The van der Waals surface area contributed by atoms with Crippen LogP contribution in [0.1, 0.15) is 16.8 Å². The number of amides is 1. The van der Waals surface area contributed by atoms with Crippen LogP contribution in [0, 0.1) is 0 Å². The second kappa shape index (κ2) is 5.58. The van der Waals surface area contributed by atoms with Gasteiger partial charge in [0.05, 0.1) is 11.7 Å². The minimum atomic E-state index is -1.10. The van der Waals surface area contributed by atoms with Crippen molar-refractivity contribution in [2.45, 2.75) is 23.6 Å². The van der Waals surface area contributed by atoms with Crippen LogP contribution in [0.5, 0.6) is 0 Å². The Hall–Kier alpha value is -1.60. The first-order chi connectivity index (χ1) is 9.04. The van der Waals surface area contributed by atoms with Crippen molar-refractivity contribution in [1.29, 1.82) is 0 Å². The van der Waals surface area contributed by atoms with Crippen LogP contribution in [-0.2, 0) is 4.79 Å². The average Bonchev–Trinajstić information content (AvgIpc) is 2.80. The van der Waals surface area contributed by atoms with Crippen molar-refractivity contribution >= 4 is 23.6 Å². The Bertz CT molecular complexity index is 508. The van der Waals surface area contributed by atoms with E-state index in [0.717, 1.165) is 0 Å². The minimum Gasteiger partial charge on any atom is -0.480 e. The molecule has 0 saturated carbocycles. The number of aliphatic carboxylic acids is 1. The Kier molecular flexibility index (Phi) is 4.06. The Labute approximate surface area is 114 Å². The van der Waals surface area contributed by atoms with Crippen LogP contribution in [0.3, 0.4) is 0 Å². The normalized spacial score (nSPS) is 22.5. The number of aromatic nitrogens is 1. The molecule has 0 spiro atoms. The minimum absolute atomic E-state index is 0.0402. The first-order valence-electron chi connectivity index (χ1n) is 5.75. The number of carboxylic acid groups (broad SMARTS) is 1. The van der Waals surface area contributed by atoms with Crippen LogP contribution in [-0.4, -0.2) is 56.9 Å². The number of rotatable bonds is 3. The van der Waals surface area contributed by atoms with Gasteiger partial charge in [-0.1, -0.05) is 0 Å². The van der Waals surface area contributed by atoms with Crippen molar-refractivity contribution < 1.29 is 19.8 Å². The number of aliphatic hydroxyl groups excluding tert-OH is 1. The highest BCUT2D eigenvalue weighted by Gasteiger charge is 2.39. The maximum atomic E-state index is 12.4. The second-order valence-electron chi connectivity index (χ2n) is 4.26. The molecule has 2 rings (SSSR count). The number of carbonyl (C=O) groups excluding carboxylic acids is 1. The Balaban J connectivity index is 2.30. The third-order valence-corrected chi connectivity index (χ3v) is 3.73. The van der Waals surface area contributed by atoms with Crippen LogP contribution in [0.2, 0.25) is 0 Å². The lowest BCUT2D eigenvalue weighted by molar-refractivity contribution is -0.141. The molecule has 6 nitrogen and oxygen atoms in total. The number of carboxylic acids is 1. The van der Waals surface area contributed by atoms with E-state index in [1.807, 2.05) is 0 Å². The van der Waals surface area contributed by atoms with Crippen molar-refractivity contribution in [1.82, 2.24) is 9.88 Å². The zero-order valence-electron chi connectivity index (χ0n) is 10.3. The molecule has 0 bridgehead atoms. The van der Waals surface area contributed by atoms with Crippen molar-refractivity contribution in [3.63, 3.8) is 0 Å². The predicted molar refractivity (Wildman–Crippen MR) is 69.1 cm³/mol. The number of likely N-dealkylation sites (tertiary alicyclic amines) is 1. The first kappa shape index (κ1) is 13.8. The lowest BCUT2D eigenvalue weighted by Gasteiger charge is -2.21. The zero-order valence-corrected chi connectivity index (χ0v) is 11.1. The molecule has 1 aromatic rings. The summed E-state index contributed by atoms with van der Waals surface area (Å²) in [4.78, 5) is 28.8. The number of hydrogen-bond acceptors (Lipinski definition) is 5. The number of hydrogen-bond donors (Lipinski definition) is 2. The summed E-state index contributed by atoms with van der Waals surface area (Å²) in [5, 5.41) is 19.2. The number of thioether (sulfide) groups is 1. The van der Waals surface area contributed by atoms with Crippen LogP contribution in [0.15, 0.2) is 23.4 Å². The molecule has 102 valence electrons. The van der Waals surface area contributed by atoms with Crippen LogP contribution < -0.4 is 0 Å². The summed E-state index contributed by atoms with van der Waals surface area (Å²) in [6.07, 6.45) is 2.65. The molecular formula is C12H14N2O4S. The van der Waals surface area contributed by atoms with Crippen LogP contribution in [0.4, 0.5) is 0 Å². The SMILES string of the molecule is CSc1ncccc1C(=O)N1C[C@H](O)C[C@@H]1C(=O)O. The van der Waals surface area contributed by atoms with E-state index in [0.29, 0.717) is 10.6 Å². The van der Waals surface area contributed by atoms with Crippen molar-refractivity contribution in [3.05, 3.63) is 23.9 Å². The second-order valence-corrected chi connectivity index (χ2v) is 5.06. The van der Waals surface area contributed by atoms with Crippen molar-refractivity contribution in [3.8, 4) is 0 Å². The molecule has 1 aliphatic rings. The highest BCUT2D eigenvalue weighted by atomic mass is 32.2. The summed E-state index contributed by atoms with van der Waals surface area (Å²) in [6.45, 7) is 0.0402. The molecule has 0 unspecified atom stereocenters. The lowest BCUT2D eigenvalue weighted by Crippen LogP contribution is -2.40. The van der Waals surface area contributed by atoms with Gasteiger partial charge in [0.15, 0.2) is 0 Å². The highest BCUT2D eigenvalue weighted by molar-refractivity contribution is 7.98. The van der Waals surface area contributed by atoms with E-state index in [2.05, 4.69) is 4.98 Å². The predicted octanol–water partition coefficient (Wildman–Crippen LogP) is 0.463. The molecule has 1 saturated heterocycles. The number of carbonyl (C=O) groups is 2. The Morgan fingerprint density at radius 2 is 2.26 bits per heavy atom. The van der Waals surface area contributed by atoms with Gasteiger partial charge in [-0.2, -0.15) is 0 Å². The molecule has 0 radical (unpaired) electrons. The molecule has 2 atom stereocenters. The molecule has 7 heteroatoms. The summed E-state index contributed by atoms with van der Waals surface area (Å²) in [5.41, 5.74) is 0.371. The van der Waals surface area contributed by atoms with Gasteiger partial charge in [0.2, 0.25) is 0 Å².